The first-order chi connectivity index (χ1) is 7.65. The van der Waals surface area contributed by atoms with Gasteiger partial charge in [-0.05, 0) is 18.8 Å². The van der Waals surface area contributed by atoms with Crippen molar-refractivity contribution in [3.05, 3.63) is 0 Å². The Balaban J connectivity index is 3.89. The molecule has 0 fully saturated rings. The number of esters is 1. The van der Waals surface area contributed by atoms with Crippen molar-refractivity contribution >= 4 is 5.97 Å². The van der Waals surface area contributed by atoms with E-state index in [1.165, 1.54) is 0 Å². The van der Waals surface area contributed by atoms with Gasteiger partial charge < -0.3 is 9.84 Å². The number of unbranched alkanes of at least 4 members (excludes halogenated alkanes) is 1. The van der Waals surface area contributed by atoms with Gasteiger partial charge in [0.05, 0.1) is 19.1 Å². The number of ether oxygens (including phenoxy) is 1. The summed E-state index contributed by atoms with van der Waals surface area (Å²) in [6, 6.07) is 0. The van der Waals surface area contributed by atoms with Crippen LogP contribution in [0.15, 0.2) is 0 Å². The van der Waals surface area contributed by atoms with Crippen LogP contribution in [0.4, 0.5) is 0 Å². The molecule has 0 heterocycles. The van der Waals surface area contributed by atoms with Crippen molar-refractivity contribution in [2.75, 3.05) is 6.61 Å². The van der Waals surface area contributed by atoms with Crippen LogP contribution in [0.25, 0.3) is 0 Å². The molecule has 0 amide bonds. The minimum absolute atomic E-state index is 0.141. The summed E-state index contributed by atoms with van der Waals surface area (Å²) in [7, 11) is 0. The van der Waals surface area contributed by atoms with Crippen molar-refractivity contribution < 1.29 is 14.6 Å². The predicted molar refractivity (Wildman–Crippen MR) is 65.2 cm³/mol. The average molecular weight is 230 g/mol. The molecule has 0 spiro atoms. The van der Waals surface area contributed by atoms with Crippen LogP contribution in [0.5, 0.6) is 0 Å². The van der Waals surface area contributed by atoms with Crippen molar-refractivity contribution in [2.45, 2.75) is 65.4 Å². The fourth-order valence-electron chi connectivity index (χ4n) is 1.75. The van der Waals surface area contributed by atoms with Gasteiger partial charge in [0.2, 0.25) is 0 Å². The monoisotopic (exact) mass is 230 g/mol. The van der Waals surface area contributed by atoms with E-state index in [2.05, 4.69) is 13.8 Å². The summed E-state index contributed by atoms with van der Waals surface area (Å²) in [5, 5.41) is 9.90. The first-order valence-electron chi connectivity index (χ1n) is 6.49. The van der Waals surface area contributed by atoms with Crippen LogP contribution in [0.3, 0.4) is 0 Å². The molecule has 0 radical (unpaired) electrons. The maximum Gasteiger partial charge on any atom is 0.308 e. The van der Waals surface area contributed by atoms with E-state index in [0.29, 0.717) is 6.61 Å². The van der Waals surface area contributed by atoms with E-state index in [9.17, 15) is 9.90 Å². The van der Waals surface area contributed by atoms with Gasteiger partial charge in [0, 0.05) is 0 Å². The molecular weight excluding hydrogens is 204 g/mol. The van der Waals surface area contributed by atoms with Crippen molar-refractivity contribution in [1.29, 1.82) is 0 Å². The van der Waals surface area contributed by atoms with Gasteiger partial charge in [-0.1, -0.05) is 40.0 Å². The lowest BCUT2D eigenvalue weighted by Crippen LogP contribution is -2.24. The molecule has 0 aromatic rings. The third kappa shape index (κ3) is 6.83. The van der Waals surface area contributed by atoms with Gasteiger partial charge in [-0.15, -0.1) is 0 Å². The van der Waals surface area contributed by atoms with Gasteiger partial charge in [0.1, 0.15) is 0 Å². The molecule has 0 saturated heterocycles. The zero-order valence-electron chi connectivity index (χ0n) is 10.9. The number of rotatable bonds is 9. The van der Waals surface area contributed by atoms with E-state index in [0.717, 1.165) is 32.1 Å². The topological polar surface area (TPSA) is 46.5 Å². The number of carbonyl (C=O) groups excluding carboxylic acids is 1. The summed E-state index contributed by atoms with van der Waals surface area (Å²) < 4.78 is 4.96. The molecule has 0 rings (SSSR count). The maximum absolute atomic E-state index is 11.3. The van der Waals surface area contributed by atoms with Gasteiger partial charge in [0.15, 0.2) is 0 Å². The molecule has 0 aliphatic rings. The van der Waals surface area contributed by atoms with Gasteiger partial charge in [-0.25, -0.2) is 0 Å². The smallest absolute Gasteiger partial charge is 0.308 e. The predicted octanol–water partition coefficient (Wildman–Crippen LogP) is 2.91. The highest BCUT2D eigenvalue weighted by Crippen LogP contribution is 2.19. The third-order valence-corrected chi connectivity index (χ3v) is 2.84. The van der Waals surface area contributed by atoms with E-state index in [1.54, 1.807) is 0 Å². The minimum atomic E-state index is -0.541. The van der Waals surface area contributed by atoms with Gasteiger partial charge >= 0.3 is 5.97 Å². The summed E-state index contributed by atoms with van der Waals surface area (Å²) in [5.41, 5.74) is 0. The van der Waals surface area contributed by atoms with E-state index in [1.807, 2.05) is 6.92 Å². The second-order valence-electron chi connectivity index (χ2n) is 4.30. The Morgan fingerprint density at radius 1 is 1.25 bits per heavy atom. The van der Waals surface area contributed by atoms with Crippen LogP contribution in [0.2, 0.25) is 0 Å². The van der Waals surface area contributed by atoms with Crippen molar-refractivity contribution in [3.8, 4) is 0 Å². The Kier molecular flexibility index (Phi) is 9.30. The fourth-order valence-corrected chi connectivity index (χ4v) is 1.75. The highest BCUT2D eigenvalue weighted by atomic mass is 16.5. The number of hydrogen-bond donors (Lipinski definition) is 1. The summed E-state index contributed by atoms with van der Waals surface area (Å²) in [6.07, 6.45) is 4.58. The molecule has 0 aromatic carbocycles. The van der Waals surface area contributed by atoms with Crippen LogP contribution in [-0.4, -0.2) is 23.8 Å². The Bertz CT molecular complexity index is 180. The lowest BCUT2D eigenvalue weighted by molar-refractivity contribution is -0.146. The normalized spacial score (nSPS) is 14.5. The SMILES string of the molecule is CCCC[C@H](CC)[C@H](O)CC(=O)OCCC. The van der Waals surface area contributed by atoms with Crippen molar-refractivity contribution in [2.24, 2.45) is 5.92 Å². The van der Waals surface area contributed by atoms with Crippen molar-refractivity contribution in [1.82, 2.24) is 0 Å². The highest BCUT2D eigenvalue weighted by Gasteiger charge is 2.20. The summed E-state index contributed by atoms with van der Waals surface area (Å²) in [5.74, 6) is -0.0431. The van der Waals surface area contributed by atoms with Gasteiger partial charge in [-0.2, -0.15) is 0 Å². The van der Waals surface area contributed by atoms with Crippen LogP contribution >= 0.6 is 0 Å². The standard InChI is InChI=1S/C13H26O3/c1-4-7-8-11(6-3)12(14)10-13(15)16-9-5-2/h11-12,14H,4-10H2,1-3H3/t11-,12+/m0/s1. The fraction of sp³-hybridized carbons (Fsp3) is 0.923. The van der Waals surface area contributed by atoms with E-state index in [4.69, 9.17) is 4.74 Å². The number of aliphatic hydroxyl groups is 1. The number of carbonyl (C=O) groups is 1. The van der Waals surface area contributed by atoms with E-state index < -0.39 is 6.10 Å². The highest BCUT2D eigenvalue weighted by molar-refractivity contribution is 5.69. The van der Waals surface area contributed by atoms with E-state index >= 15 is 0 Å². The minimum Gasteiger partial charge on any atom is -0.466 e. The molecule has 96 valence electrons. The largest absolute Gasteiger partial charge is 0.466 e. The average Bonchev–Trinajstić information content (AvgIpc) is 2.27. The maximum atomic E-state index is 11.3. The molecular formula is C13H26O3. The molecule has 16 heavy (non-hydrogen) atoms. The summed E-state index contributed by atoms with van der Waals surface area (Å²) >= 11 is 0. The van der Waals surface area contributed by atoms with Crippen molar-refractivity contribution in [3.63, 3.8) is 0 Å². The van der Waals surface area contributed by atoms with Crippen LogP contribution in [0.1, 0.15) is 59.3 Å². The first-order valence-corrected chi connectivity index (χ1v) is 6.49. The molecule has 0 aromatic heterocycles. The van der Waals surface area contributed by atoms with Gasteiger partial charge in [-0.3, -0.25) is 4.79 Å². The van der Waals surface area contributed by atoms with Crippen LogP contribution in [0, 0.1) is 5.92 Å². The molecule has 0 unspecified atom stereocenters. The molecule has 3 heteroatoms. The van der Waals surface area contributed by atoms with Crippen LogP contribution < -0.4 is 0 Å². The zero-order chi connectivity index (χ0) is 12.4. The first kappa shape index (κ1) is 15.4. The lowest BCUT2D eigenvalue weighted by atomic mass is 9.91. The number of hydrogen-bond acceptors (Lipinski definition) is 3. The quantitative estimate of drug-likeness (QED) is 0.619. The summed E-state index contributed by atoms with van der Waals surface area (Å²) in [6.45, 7) is 6.60. The Labute approximate surface area is 99.2 Å². The molecule has 0 aliphatic carbocycles. The Morgan fingerprint density at radius 2 is 1.94 bits per heavy atom. The molecule has 2 atom stereocenters. The number of aliphatic hydroxyl groups excluding tert-OH is 1. The molecule has 0 saturated carbocycles. The zero-order valence-corrected chi connectivity index (χ0v) is 10.9. The van der Waals surface area contributed by atoms with E-state index in [-0.39, 0.29) is 18.3 Å². The molecule has 0 bridgehead atoms. The molecule has 0 aliphatic heterocycles. The molecule has 1 N–H and O–H groups in total. The van der Waals surface area contributed by atoms with Gasteiger partial charge in [0.25, 0.3) is 0 Å². The second-order valence-corrected chi connectivity index (χ2v) is 4.30. The Morgan fingerprint density at radius 3 is 2.44 bits per heavy atom. The molecule has 3 nitrogen and oxygen atoms in total. The Hall–Kier alpha value is -0.570. The summed E-state index contributed by atoms with van der Waals surface area (Å²) in [4.78, 5) is 11.3. The third-order valence-electron chi connectivity index (χ3n) is 2.84. The second kappa shape index (κ2) is 9.64. The van der Waals surface area contributed by atoms with Crippen LogP contribution in [-0.2, 0) is 9.53 Å². The lowest BCUT2D eigenvalue weighted by Gasteiger charge is -2.20.